The molecule has 0 atom stereocenters. The average Bonchev–Trinajstić information content (AvgIpc) is 4.03. The number of para-hydroxylation sites is 4. The number of nitrogens with zero attached hydrogens (tertiary/aromatic N) is 2. The molecule has 0 spiro atoms. The van der Waals surface area contributed by atoms with Gasteiger partial charge in [0, 0.05) is 59.6 Å². The standard InChI is InChI=1S/C60H37N2O2P/c63-65(40-28-31-57-52(33-40)47-23-11-13-25-55(47)61(57)38-15-3-1-4-16-38,41-29-32-58-53(34-41)48-24-12-14-26-56(48)62(58)39-17-5-2-6-18-39)42-27-30-49-54-36-50-45-21-9-7-19-43(45)44-20-8-10-22-46(44)51(50)37-60(54)64-59(49)35-42/h1-37H. The first-order valence-electron chi connectivity index (χ1n) is 22.1. The van der Waals surface area contributed by atoms with Gasteiger partial charge in [-0.15, -0.1) is 0 Å². The van der Waals surface area contributed by atoms with Gasteiger partial charge in [0.25, 0.3) is 0 Å². The van der Waals surface area contributed by atoms with E-state index in [0.29, 0.717) is 5.58 Å². The number of hydrogen-bond donors (Lipinski definition) is 0. The Morgan fingerprint density at radius 2 is 0.662 bits per heavy atom. The van der Waals surface area contributed by atoms with Crippen LogP contribution in [0.1, 0.15) is 0 Å². The Hall–Kier alpha value is -8.17. The van der Waals surface area contributed by atoms with Gasteiger partial charge in [0.05, 0.1) is 22.1 Å². The van der Waals surface area contributed by atoms with Crippen LogP contribution in [0, 0.1) is 0 Å². The molecule has 0 amide bonds. The van der Waals surface area contributed by atoms with Crippen LogP contribution >= 0.6 is 7.14 Å². The summed E-state index contributed by atoms with van der Waals surface area (Å²) in [5.41, 5.74) is 8.02. The second kappa shape index (κ2) is 13.7. The van der Waals surface area contributed by atoms with Crippen LogP contribution in [0.15, 0.2) is 229 Å². The molecule has 14 rings (SSSR count). The van der Waals surface area contributed by atoms with E-state index in [0.717, 1.165) is 92.6 Å². The van der Waals surface area contributed by atoms with E-state index in [2.05, 4.69) is 215 Å². The van der Waals surface area contributed by atoms with Crippen molar-refractivity contribution in [3.05, 3.63) is 224 Å². The summed E-state index contributed by atoms with van der Waals surface area (Å²) in [5.74, 6) is 0. The van der Waals surface area contributed by atoms with E-state index in [4.69, 9.17) is 4.42 Å². The van der Waals surface area contributed by atoms with Crippen LogP contribution in [0.2, 0.25) is 0 Å². The van der Waals surface area contributed by atoms with E-state index >= 15 is 4.57 Å². The van der Waals surface area contributed by atoms with Gasteiger partial charge in [0.1, 0.15) is 11.2 Å². The van der Waals surface area contributed by atoms with Crippen molar-refractivity contribution in [3.63, 3.8) is 0 Å². The highest BCUT2D eigenvalue weighted by Crippen LogP contribution is 2.47. The van der Waals surface area contributed by atoms with E-state index in [9.17, 15) is 0 Å². The van der Waals surface area contributed by atoms with E-state index in [1.165, 1.54) is 26.9 Å². The minimum absolute atomic E-state index is 0.713. The highest BCUT2D eigenvalue weighted by molar-refractivity contribution is 7.85. The van der Waals surface area contributed by atoms with E-state index in [-0.39, 0.29) is 0 Å². The average molecular weight is 849 g/mol. The second-order valence-electron chi connectivity index (χ2n) is 17.2. The third kappa shape index (κ3) is 5.17. The molecule has 5 heteroatoms. The van der Waals surface area contributed by atoms with E-state index in [1.54, 1.807) is 0 Å². The lowest BCUT2D eigenvalue weighted by atomic mass is 9.93. The van der Waals surface area contributed by atoms with Gasteiger partial charge in [-0.25, -0.2) is 0 Å². The summed E-state index contributed by atoms with van der Waals surface area (Å²) in [6.45, 7) is 0. The monoisotopic (exact) mass is 848 g/mol. The molecular formula is C60H37N2O2P. The molecule has 3 aromatic heterocycles. The molecule has 14 aromatic rings. The summed E-state index contributed by atoms with van der Waals surface area (Å²) in [6.07, 6.45) is 0. The molecular weight excluding hydrogens is 812 g/mol. The zero-order valence-corrected chi connectivity index (χ0v) is 35.9. The molecule has 0 radical (unpaired) electrons. The molecule has 0 bridgehead atoms. The van der Waals surface area contributed by atoms with Crippen LogP contribution in [0.25, 0.3) is 109 Å². The molecule has 0 saturated heterocycles. The Balaban J connectivity index is 1.04. The second-order valence-corrected chi connectivity index (χ2v) is 19.9. The van der Waals surface area contributed by atoms with Gasteiger partial charge < -0.3 is 18.1 Å². The number of rotatable bonds is 5. The van der Waals surface area contributed by atoms with Crippen molar-refractivity contribution in [1.29, 1.82) is 0 Å². The molecule has 11 aromatic carbocycles. The SMILES string of the molecule is O=P(c1ccc2c(c1)oc1cc3c4ccccc4c4ccccc4c3cc12)(c1ccc2c(c1)c1ccccc1n2-c1ccccc1)c1ccc2c(c1)c1ccccc1n2-c1ccccc1. The summed E-state index contributed by atoms with van der Waals surface area (Å²) in [4.78, 5) is 0. The summed E-state index contributed by atoms with van der Waals surface area (Å²) in [6, 6.07) is 78.9. The van der Waals surface area contributed by atoms with Crippen LogP contribution in [0.4, 0.5) is 0 Å². The largest absolute Gasteiger partial charge is 0.456 e. The molecule has 0 aliphatic rings. The van der Waals surface area contributed by atoms with Gasteiger partial charge in [-0.2, -0.15) is 0 Å². The fraction of sp³-hybridized carbons (Fsp3) is 0. The molecule has 0 aliphatic heterocycles. The maximum atomic E-state index is 17.0. The molecule has 0 unspecified atom stereocenters. The van der Waals surface area contributed by atoms with Crippen molar-refractivity contribution in [3.8, 4) is 11.4 Å². The lowest BCUT2D eigenvalue weighted by molar-refractivity contribution is 0.592. The number of hydrogen-bond acceptors (Lipinski definition) is 2. The molecule has 65 heavy (non-hydrogen) atoms. The maximum absolute atomic E-state index is 17.0. The molecule has 0 saturated carbocycles. The van der Waals surface area contributed by atoms with E-state index < -0.39 is 7.14 Å². The number of benzene rings is 11. The molecule has 4 nitrogen and oxygen atoms in total. The fourth-order valence-corrected chi connectivity index (χ4v) is 13.5. The minimum atomic E-state index is -3.60. The predicted octanol–water partition coefficient (Wildman–Crippen LogP) is 14.9. The molecule has 0 aliphatic carbocycles. The molecule has 304 valence electrons. The maximum Gasteiger partial charge on any atom is 0.171 e. The smallest absolute Gasteiger partial charge is 0.171 e. The first-order valence-corrected chi connectivity index (χ1v) is 23.8. The Morgan fingerprint density at radius 1 is 0.277 bits per heavy atom. The summed E-state index contributed by atoms with van der Waals surface area (Å²) in [7, 11) is -3.60. The zero-order valence-electron chi connectivity index (χ0n) is 35.0. The Bertz CT molecular complexity index is 4170. The minimum Gasteiger partial charge on any atom is -0.456 e. The van der Waals surface area contributed by atoms with Crippen molar-refractivity contribution in [1.82, 2.24) is 9.13 Å². The van der Waals surface area contributed by atoms with Crippen LogP contribution < -0.4 is 15.9 Å². The topological polar surface area (TPSA) is 40.1 Å². The van der Waals surface area contributed by atoms with Crippen LogP contribution in [-0.4, -0.2) is 9.13 Å². The number of aromatic nitrogens is 2. The lowest BCUT2D eigenvalue weighted by Gasteiger charge is -2.21. The van der Waals surface area contributed by atoms with Crippen molar-refractivity contribution in [2.45, 2.75) is 0 Å². The fourth-order valence-electron chi connectivity index (χ4n) is 10.8. The Kier molecular flexibility index (Phi) is 7.64. The lowest BCUT2D eigenvalue weighted by Crippen LogP contribution is -2.25. The first-order chi connectivity index (χ1) is 32.1. The van der Waals surface area contributed by atoms with Gasteiger partial charge in [0.2, 0.25) is 0 Å². The molecule has 3 heterocycles. The molecule has 0 fully saturated rings. The predicted molar refractivity (Wildman–Crippen MR) is 274 cm³/mol. The van der Waals surface area contributed by atoms with Crippen molar-refractivity contribution in [2.24, 2.45) is 0 Å². The van der Waals surface area contributed by atoms with Crippen molar-refractivity contribution in [2.75, 3.05) is 0 Å². The van der Waals surface area contributed by atoms with Gasteiger partial charge in [0.15, 0.2) is 7.14 Å². The zero-order chi connectivity index (χ0) is 42.8. The highest BCUT2D eigenvalue weighted by atomic mass is 31.2. The summed E-state index contributed by atoms with van der Waals surface area (Å²) >= 11 is 0. The summed E-state index contributed by atoms with van der Waals surface area (Å²) < 4.78 is 28.5. The number of furan rings is 1. The van der Waals surface area contributed by atoms with Crippen molar-refractivity contribution < 1.29 is 8.98 Å². The van der Waals surface area contributed by atoms with Gasteiger partial charge in [-0.1, -0.05) is 121 Å². The van der Waals surface area contributed by atoms with E-state index in [1.807, 2.05) is 18.2 Å². The van der Waals surface area contributed by atoms with Crippen LogP contribution in [0.5, 0.6) is 0 Å². The van der Waals surface area contributed by atoms with Gasteiger partial charge in [-0.05, 0) is 135 Å². The third-order valence-electron chi connectivity index (χ3n) is 13.8. The summed E-state index contributed by atoms with van der Waals surface area (Å²) in [5, 5.41) is 15.9. The quantitative estimate of drug-likeness (QED) is 0.128. The van der Waals surface area contributed by atoms with Crippen molar-refractivity contribution >= 4 is 121 Å². The van der Waals surface area contributed by atoms with Gasteiger partial charge in [-0.3, -0.25) is 0 Å². The Morgan fingerprint density at radius 3 is 1.18 bits per heavy atom. The third-order valence-corrected chi connectivity index (χ3v) is 16.8. The normalized spacial score (nSPS) is 12.4. The Labute approximate surface area is 373 Å². The number of fused-ring (bicyclic) bond motifs is 15. The first kappa shape index (κ1) is 36.3. The van der Waals surface area contributed by atoms with Crippen LogP contribution in [-0.2, 0) is 4.57 Å². The van der Waals surface area contributed by atoms with Crippen LogP contribution in [0.3, 0.4) is 0 Å². The van der Waals surface area contributed by atoms with Gasteiger partial charge >= 0.3 is 0 Å². The highest BCUT2D eigenvalue weighted by Gasteiger charge is 2.33. The molecule has 0 N–H and O–H groups in total.